The lowest BCUT2D eigenvalue weighted by molar-refractivity contribution is 0.0882. The summed E-state index contributed by atoms with van der Waals surface area (Å²) in [6.45, 7) is 3.52. The first-order chi connectivity index (χ1) is 7.70. The minimum Gasteiger partial charge on any atom is -0.399 e. The van der Waals surface area contributed by atoms with Crippen LogP contribution in [-0.2, 0) is 0 Å². The van der Waals surface area contributed by atoms with E-state index in [1.54, 1.807) is 37.9 Å². The van der Waals surface area contributed by atoms with E-state index < -0.39 is 12.0 Å². The number of anilines is 2. The Hall–Kier alpha value is -1.36. The van der Waals surface area contributed by atoms with Crippen molar-refractivity contribution in [3.05, 3.63) is 23.8 Å². The normalized spacial score (nSPS) is 11.9. The number of likely N-dealkylation sites (N-methyl/N-ethyl adjacent to an activating group) is 1. The Labute approximate surface area is 99.8 Å². The van der Waals surface area contributed by atoms with Crippen LogP contribution in [0.2, 0.25) is 0 Å². The van der Waals surface area contributed by atoms with Crippen molar-refractivity contribution < 1.29 is 13.9 Å². The highest BCUT2D eigenvalue weighted by Crippen LogP contribution is 2.31. The maximum absolute atomic E-state index is 12.9. The molecule has 0 heterocycles. The van der Waals surface area contributed by atoms with Gasteiger partial charge in [0.05, 0.1) is 5.60 Å². The molecule has 0 radical (unpaired) electrons. The van der Waals surface area contributed by atoms with Crippen LogP contribution in [0.5, 0.6) is 0 Å². The predicted molar refractivity (Wildman–Crippen MR) is 65.4 cm³/mol. The first kappa shape index (κ1) is 13.7. The summed E-state index contributed by atoms with van der Waals surface area (Å²) in [4.78, 5) is 1.60. The van der Waals surface area contributed by atoms with Gasteiger partial charge in [-0.3, -0.25) is 0 Å². The fourth-order valence-corrected chi connectivity index (χ4v) is 1.76. The fraction of sp³-hybridized carbons (Fsp3) is 0.500. The number of alkyl halides is 2. The van der Waals surface area contributed by atoms with Crippen molar-refractivity contribution >= 4 is 11.4 Å². The van der Waals surface area contributed by atoms with Gasteiger partial charge in [0.15, 0.2) is 0 Å². The molecule has 0 amide bonds. The Kier molecular flexibility index (Phi) is 3.93. The third kappa shape index (κ3) is 3.85. The second-order valence-electron chi connectivity index (χ2n) is 4.79. The molecule has 1 rings (SSSR count). The number of halogens is 2. The van der Waals surface area contributed by atoms with E-state index in [1.165, 1.54) is 6.07 Å². The molecule has 1 aromatic carbocycles. The summed E-state index contributed by atoms with van der Waals surface area (Å²) in [6.07, 6.45) is -2.59. The highest BCUT2D eigenvalue weighted by atomic mass is 19.3. The van der Waals surface area contributed by atoms with Gasteiger partial charge in [-0.15, -0.1) is 0 Å². The van der Waals surface area contributed by atoms with E-state index >= 15 is 0 Å². The molecule has 0 bridgehead atoms. The van der Waals surface area contributed by atoms with Gasteiger partial charge in [-0.25, -0.2) is 8.78 Å². The molecule has 0 saturated heterocycles. The lowest BCUT2D eigenvalue weighted by Crippen LogP contribution is -2.36. The van der Waals surface area contributed by atoms with Crippen LogP contribution in [0.4, 0.5) is 20.2 Å². The molecule has 0 atom stereocenters. The van der Waals surface area contributed by atoms with E-state index in [-0.39, 0.29) is 12.1 Å². The highest BCUT2D eigenvalue weighted by Gasteiger charge is 2.20. The number of hydrogen-bond donors (Lipinski definition) is 2. The van der Waals surface area contributed by atoms with Crippen molar-refractivity contribution in [2.45, 2.75) is 25.9 Å². The first-order valence-corrected chi connectivity index (χ1v) is 5.32. The van der Waals surface area contributed by atoms with Gasteiger partial charge in [-0.2, -0.15) is 0 Å². The second kappa shape index (κ2) is 4.87. The average molecular weight is 244 g/mol. The van der Waals surface area contributed by atoms with E-state index in [0.717, 1.165) is 0 Å². The second-order valence-corrected chi connectivity index (χ2v) is 4.79. The molecule has 96 valence electrons. The van der Waals surface area contributed by atoms with Gasteiger partial charge in [0.2, 0.25) is 0 Å². The molecule has 5 heteroatoms. The third-order valence-electron chi connectivity index (χ3n) is 2.32. The summed E-state index contributed by atoms with van der Waals surface area (Å²) in [5, 5.41) is 9.68. The lowest BCUT2D eigenvalue weighted by Gasteiger charge is -2.29. The molecule has 17 heavy (non-hydrogen) atoms. The van der Waals surface area contributed by atoms with Crippen LogP contribution < -0.4 is 10.6 Å². The number of rotatable bonds is 4. The van der Waals surface area contributed by atoms with E-state index in [9.17, 15) is 13.9 Å². The van der Waals surface area contributed by atoms with Crippen LogP contribution in [0.15, 0.2) is 18.2 Å². The maximum atomic E-state index is 12.9. The Morgan fingerprint density at radius 1 is 1.41 bits per heavy atom. The standard InChI is InChI=1S/C12H18F2N2O/c1-12(2,17)7-16(3)10-5-4-8(15)6-9(10)11(13)14/h4-6,11,17H,7,15H2,1-3H3. The highest BCUT2D eigenvalue weighted by molar-refractivity contribution is 5.60. The Morgan fingerprint density at radius 3 is 2.47 bits per heavy atom. The van der Waals surface area contributed by atoms with Crippen LogP contribution in [0.3, 0.4) is 0 Å². The van der Waals surface area contributed by atoms with Gasteiger partial charge in [-0.1, -0.05) is 0 Å². The SMILES string of the molecule is CN(CC(C)(C)O)c1ccc(N)cc1C(F)F. The van der Waals surface area contributed by atoms with Crippen molar-refractivity contribution in [3.8, 4) is 0 Å². The van der Waals surface area contributed by atoms with Gasteiger partial charge in [0, 0.05) is 30.5 Å². The van der Waals surface area contributed by atoms with Gasteiger partial charge in [-0.05, 0) is 32.0 Å². The summed E-state index contributed by atoms with van der Waals surface area (Å²) in [5.41, 5.74) is 5.12. The summed E-state index contributed by atoms with van der Waals surface area (Å²) in [5.74, 6) is 0. The number of nitrogens with two attached hydrogens (primary N) is 1. The molecule has 0 aliphatic heterocycles. The number of nitrogen functional groups attached to an aromatic ring is 1. The maximum Gasteiger partial charge on any atom is 0.265 e. The van der Waals surface area contributed by atoms with E-state index in [1.807, 2.05) is 0 Å². The number of nitrogens with zero attached hydrogens (tertiary/aromatic N) is 1. The molecule has 0 saturated carbocycles. The number of aliphatic hydroxyl groups is 1. The molecule has 3 nitrogen and oxygen atoms in total. The average Bonchev–Trinajstić information content (AvgIpc) is 2.14. The fourth-order valence-electron chi connectivity index (χ4n) is 1.76. The smallest absolute Gasteiger partial charge is 0.265 e. The van der Waals surface area contributed by atoms with Crippen LogP contribution >= 0.6 is 0 Å². The zero-order chi connectivity index (χ0) is 13.2. The van der Waals surface area contributed by atoms with Gasteiger partial charge >= 0.3 is 0 Å². The van der Waals surface area contributed by atoms with Gasteiger partial charge in [0.25, 0.3) is 6.43 Å². The molecule has 3 N–H and O–H groups in total. The zero-order valence-electron chi connectivity index (χ0n) is 10.2. The molecule has 1 aromatic rings. The quantitative estimate of drug-likeness (QED) is 0.800. The summed E-state index contributed by atoms with van der Waals surface area (Å²) in [6, 6.07) is 4.38. The predicted octanol–water partition coefficient (Wildman–Crippen LogP) is 2.41. The van der Waals surface area contributed by atoms with Gasteiger partial charge < -0.3 is 15.7 Å². The topological polar surface area (TPSA) is 49.5 Å². The van der Waals surface area contributed by atoms with Crippen LogP contribution in [0.1, 0.15) is 25.8 Å². The lowest BCUT2D eigenvalue weighted by atomic mass is 10.1. The van der Waals surface area contributed by atoms with Crippen LogP contribution in [0.25, 0.3) is 0 Å². The van der Waals surface area contributed by atoms with E-state index in [4.69, 9.17) is 5.73 Å². The third-order valence-corrected chi connectivity index (χ3v) is 2.32. The monoisotopic (exact) mass is 244 g/mol. The number of hydrogen-bond acceptors (Lipinski definition) is 3. The van der Waals surface area contributed by atoms with Crippen molar-refractivity contribution in [2.75, 3.05) is 24.2 Å². The molecule has 0 fully saturated rings. The summed E-state index contributed by atoms with van der Waals surface area (Å²) >= 11 is 0. The molecule has 0 aromatic heterocycles. The van der Waals surface area contributed by atoms with Gasteiger partial charge in [0.1, 0.15) is 0 Å². The van der Waals surface area contributed by atoms with Crippen molar-refractivity contribution in [2.24, 2.45) is 0 Å². The molecular formula is C12H18F2N2O. The zero-order valence-corrected chi connectivity index (χ0v) is 10.2. The van der Waals surface area contributed by atoms with Crippen molar-refractivity contribution in [1.29, 1.82) is 0 Å². The van der Waals surface area contributed by atoms with E-state index in [2.05, 4.69) is 0 Å². The molecule has 0 aliphatic carbocycles. The summed E-state index contributed by atoms with van der Waals surface area (Å²) < 4.78 is 25.7. The number of benzene rings is 1. The summed E-state index contributed by atoms with van der Waals surface area (Å²) in [7, 11) is 1.66. The van der Waals surface area contributed by atoms with Crippen molar-refractivity contribution in [1.82, 2.24) is 0 Å². The molecule has 0 spiro atoms. The van der Waals surface area contributed by atoms with Crippen LogP contribution in [-0.4, -0.2) is 24.3 Å². The minimum absolute atomic E-state index is 0.114. The van der Waals surface area contributed by atoms with E-state index in [0.29, 0.717) is 11.4 Å². The van der Waals surface area contributed by atoms with Crippen LogP contribution in [0, 0.1) is 0 Å². The Bertz CT molecular complexity index is 389. The molecular weight excluding hydrogens is 226 g/mol. The first-order valence-electron chi connectivity index (χ1n) is 5.32. The molecule has 0 unspecified atom stereocenters. The molecule has 0 aliphatic rings. The largest absolute Gasteiger partial charge is 0.399 e. The Morgan fingerprint density at radius 2 is 2.00 bits per heavy atom. The minimum atomic E-state index is -2.59. The van der Waals surface area contributed by atoms with Crippen molar-refractivity contribution in [3.63, 3.8) is 0 Å². The Balaban J connectivity index is 3.04.